The fourth-order valence-electron chi connectivity index (χ4n) is 6.87. The maximum Gasteiger partial charge on any atom is 0.306 e. The summed E-state index contributed by atoms with van der Waals surface area (Å²) in [6.07, 6.45) is 74.7. The second-order valence-corrected chi connectivity index (χ2v) is 17.4. The Kier molecular flexibility index (Phi) is 51.0. The molecule has 1 atom stereocenters. The first kappa shape index (κ1) is 62.8. The van der Waals surface area contributed by atoms with E-state index < -0.39 is 6.10 Å². The second-order valence-electron chi connectivity index (χ2n) is 17.4. The number of allylic oxidation sites excluding steroid dienone is 20. The highest BCUT2D eigenvalue weighted by atomic mass is 16.6. The minimum Gasteiger partial charge on any atom is -0.462 e. The van der Waals surface area contributed by atoms with Crippen LogP contribution in [0.25, 0.3) is 0 Å². The van der Waals surface area contributed by atoms with Crippen LogP contribution in [0.2, 0.25) is 0 Å². The van der Waals surface area contributed by atoms with E-state index in [1.807, 2.05) is 0 Å². The van der Waals surface area contributed by atoms with E-state index in [4.69, 9.17) is 14.2 Å². The number of unbranched alkanes of at least 4 members (excludes halogenated alkanes) is 16. The molecule has 0 fully saturated rings. The van der Waals surface area contributed by atoms with Gasteiger partial charge in [0.1, 0.15) is 13.2 Å². The summed E-state index contributed by atoms with van der Waals surface area (Å²) >= 11 is 0. The molecule has 0 amide bonds. The maximum atomic E-state index is 12.8. The Hall–Kier alpha value is -4.19. The molecule has 378 valence electrons. The molecule has 0 N–H and O–H groups in total. The SMILES string of the molecule is CC/C=C\C/C=C\C/C=C\C/C=C\C/C=C\CCCC(=O)OC[C@@H](COC(=O)CCCC/C=C\C/C=C\C/C=C\CCCCC)OC(=O)CCCCCCCCC/C=C\C/C=C\CCCCC. The number of hydrogen-bond donors (Lipinski definition) is 0. The normalized spacial score (nSPS) is 13.1. The zero-order chi connectivity index (χ0) is 48.6. The van der Waals surface area contributed by atoms with Gasteiger partial charge in [-0.25, -0.2) is 0 Å². The summed E-state index contributed by atoms with van der Waals surface area (Å²) < 4.78 is 16.7. The third-order valence-electron chi connectivity index (χ3n) is 10.9. The van der Waals surface area contributed by atoms with Gasteiger partial charge in [-0.3, -0.25) is 14.4 Å². The first-order valence-corrected chi connectivity index (χ1v) is 27.0. The van der Waals surface area contributed by atoms with Gasteiger partial charge in [-0.1, -0.05) is 200 Å². The molecule has 67 heavy (non-hydrogen) atoms. The smallest absolute Gasteiger partial charge is 0.306 e. The molecule has 0 aromatic carbocycles. The van der Waals surface area contributed by atoms with Gasteiger partial charge in [-0.2, -0.15) is 0 Å². The van der Waals surface area contributed by atoms with Crippen LogP contribution < -0.4 is 0 Å². The minimum absolute atomic E-state index is 0.122. The van der Waals surface area contributed by atoms with E-state index in [2.05, 4.69) is 142 Å². The number of carbonyl (C=O) groups is 3. The molecule has 0 rings (SSSR count). The first-order valence-electron chi connectivity index (χ1n) is 27.0. The van der Waals surface area contributed by atoms with Crippen molar-refractivity contribution < 1.29 is 28.6 Å². The molecule has 6 heteroatoms. The van der Waals surface area contributed by atoms with E-state index in [-0.39, 0.29) is 37.5 Å². The second kappa shape index (κ2) is 54.4. The highest BCUT2D eigenvalue weighted by Crippen LogP contribution is 2.13. The van der Waals surface area contributed by atoms with Crippen molar-refractivity contribution in [1.29, 1.82) is 0 Å². The lowest BCUT2D eigenvalue weighted by molar-refractivity contribution is -0.167. The lowest BCUT2D eigenvalue weighted by Gasteiger charge is -2.18. The zero-order valence-corrected chi connectivity index (χ0v) is 43.1. The number of hydrogen-bond acceptors (Lipinski definition) is 6. The number of ether oxygens (including phenoxy) is 3. The van der Waals surface area contributed by atoms with Crippen molar-refractivity contribution in [1.82, 2.24) is 0 Å². The molecule has 0 heterocycles. The fraction of sp³-hybridized carbons (Fsp3) is 0.623. The van der Waals surface area contributed by atoms with Crippen LogP contribution in [0.15, 0.2) is 122 Å². The van der Waals surface area contributed by atoms with Crippen LogP contribution in [-0.2, 0) is 28.6 Å². The van der Waals surface area contributed by atoms with E-state index in [0.717, 1.165) is 96.3 Å². The molecule has 0 radical (unpaired) electrons. The van der Waals surface area contributed by atoms with E-state index in [9.17, 15) is 14.4 Å². The summed E-state index contributed by atoms with van der Waals surface area (Å²) in [4.78, 5) is 38.0. The first-order chi connectivity index (χ1) is 33.0. The summed E-state index contributed by atoms with van der Waals surface area (Å²) in [6.45, 7) is 6.37. The van der Waals surface area contributed by atoms with Crippen LogP contribution >= 0.6 is 0 Å². The van der Waals surface area contributed by atoms with Gasteiger partial charge in [0.2, 0.25) is 0 Å². The Morgan fingerprint density at radius 2 is 0.597 bits per heavy atom. The predicted octanol–water partition coefficient (Wildman–Crippen LogP) is 18.1. The largest absolute Gasteiger partial charge is 0.462 e. The Morgan fingerprint density at radius 3 is 1.00 bits per heavy atom. The molecule has 0 saturated heterocycles. The highest BCUT2D eigenvalue weighted by molar-refractivity contribution is 5.71. The molecule has 0 bridgehead atoms. The monoisotopic (exact) mass is 927 g/mol. The molecular weight excluding hydrogens is 829 g/mol. The number of carbonyl (C=O) groups excluding carboxylic acids is 3. The van der Waals surface area contributed by atoms with Crippen LogP contribution in [0.4, 0.5) is 0 Å². The zero-order valence-electron chi connectivity index (χ0n) is 43.1. The van der Waals surface area contributed by atoms with Crippen LogP contribution in [0, 0.1) is 0 Å². The van der Waals surface area contributed by atoms with Gasteiger partial charge in [0, 0.05) is 19.3 Å². The van der Waals surface area contributed by atoms with E-state index >= 15 is 0 Å². The van der Waals surface area contributed by atoms with Crippen molar-refractivity contribution >= 4 is 17.9 Å². The van der Waals surface area contributed by atoms with Gasteiger partial charge in [0.15, 0.2) is 6.10 Å². The standard InChI is InChI=1S/C61H98O6/c1-4-7-10-13-16-19-22-25-28-30-33-36-39-42-45-48-51-54-60(63)66-57-58(56-65-59(62)53-50-47-44-41-38-35-32-27-24-21-18-15-12-9-6-3)67-61(64)55-52-49-46-43-40-37-34-31-29-26-23-20-17-14-11-8-5-2/h7,10,16-21,25-29,32-33,36,38,41-42,45,58H,4-6,8-9,11-15,22-24,30-31,34-35,37,39-40,43-44,46-57H2,1-3H3/b10-7-,19-16-,20-17-,21-18-,28-25-,29-26-,32-27-,36-33-,41-38-,45-42-/t58-/m1/s1. The van der Waals surface area contributed by atoms with Gasteiger partial charge in [-0.05, 0) is 128 Å². The van der Waals surface area contributed by atoms with Crippen LogP contribution in [-0.4, -0.2) is 37.2 Å². The summed E-state index contributed by atoms with van der Waals surface area (Å²) in [5.41, 5.74) is 0. The van der Waals surface area contributed by atoms with Gasteiger partial charge in [0.05, 0.1) is 0 Å². The van der Waals surface area contributed by atoms with Crippen LogP contribution in [0.5, 0.6) is 0 Å². The molecular formula is C61H98O6. The van der Waals surface area contributed by atoms with Crippen LogP contribution in [0.1, 0.15) is 226 Å². The molecule has 0 spiro atoms. The minimum atomic E-state index is -0.824. The lowest BCUT2D eigenvalue weighted by Crippen LogP contribution is -2.30. The Bertz CT molecular complexity index is 1440. The van der Waals surface area contributed by atoms with E-state index in [1.165, 1.54) is 77.0 Å². The quantitative estimate of drug-likeness (QED) is 0.0262. The van der Waals surface area contributed by atoms with Crippen molar-refractivity contribution in [3.8, 4) is 0 Å². The topological polar surface area (TPSA) is 78.9 Å². The Labute approximate surface area is 412 Å². The average molecular weight is 927 g/mol. The molecule has 0 aromatic heterocycles. The lowest BCUT2D eigenvalue weighted by atomic mass is 10.1. The van der Waals surface area contributed by atoms with Crippen molar-refractivity contribution in [2.75, 3.05) is 13.2 Å². The maximum absolute atomic E-state index is 12.8. The fourth-order valence-corrected chi connectivity index (χ4v) is 6.87. The van der Waals surface area contributed by atoms with Crippen LogP contribution in [0.3, 0.4) is 0 Å². The van der Waals surface area contributed by atoms with Crippen molar-refractivity contribution in [2.24, 2.45) is 0 Å². The Balaban J connectivity index is 4.57. The number of esters is 3. The van der Waals surface area contributed by atoms with Crippen molar-refractivity contribution in [3.63, 3.8) is 0 Å². The summed E-state index contributed by atoms with van der Waals surface area (Å²) in [5.74, 6) is -1.03. The average Bonchev–Trinajstić information content (AvgIpc) is 3.33. The van der Waals surface area contributed by atoms with Gasteiger partial charge < -0.3 is 14.2 Å². The summed E-state index contributed by atoms with van der Waals surface area (Å²) in [6, 6.07) is 0. The molecule has 6 nitrogen and oxygen atoms in total. The van der Waals surface area contributed by atoms with Crippen molar-refractivity contribution in [3.05, 3.63) is 122 Å². The van der Waals surface area contributed by atoms with Gasteiger partial charge in [0.25, 0.3) is 0 Å². The van der Waals surface area contributed by atoms with Crippen molar-refractivity contribution in [2.45, 2.75) is 232 Å². The predicted molar refractivity (Wildman–Crippen MR) is 288 cm³/mol. The molecule has 0 saturated carbocycles. The van der Waals surface area contributed by atoms with E-state index in [1.54, 1.807) is 0 Å². The molecule has 0 aliphatic carbocycles. The third-order valence-corrected chi connectivity index (χ3v) is 10.9. The van der Waals surface area contributed by atoms with E-state index in [0.29, 0.717) is 25.7 Å². The number of rotatable bonds is 47. The molecule has 0 aliphatic rings. The summed E-state index contributed by atoms with van der Waals surface area (Å²) in [5, 5.41) is 0. The molecule has 0 unspecified atom stereocenters. The molecule has 0 aliphatic heterocycles. The van der Waals surface area contributed by atoms with Gasteiger partial charge >= 0.3 is 17.9 Å². The highest BCUT2D eigenvalue weighted by Gasteiger charge is 2.19. The summed E-state index contributed by atoms with van der Waals surface area (Å²) in [7, 11) is 0. The Morgan fingerprint density at radius 1 is 0.313 bits per heavy atom. The third kappa shape index (κ3) is 52.6. The molecule has 0 aromatic rings. The van der Waals surface area contributed by atoms with Gasteiger partial charge in [-0.15, -0.1) is 0 Å².